The summed E-state index contributed by atoms with van der Waals surface area (Å²) in [6.07, 6.45) is 0. The van der Waals surface area contributed by atoms with Crippen LogP contribution in [0.15, 0.2) is 18.2 Å². The van der Waals surface area contributed by atoms with Crippen molar-refractivity contribution in [1.29, 1.82) is 0 Å². The Morgan fingerprint density at radius 1 is 1.28 bits per heavy atom. The largest absolute Gasteiger partial charge is 0.355 e. The molecule has 18 heavy (non-hydrogen) atoms. The third kappa shape index (κ3) is 2.34. The summed E-state index contributed by atoms with van der Waals surface area (Å²) in [5, 5.41) is 12.3. The van der Waals surface area contributed by atoms with Crippen LogP contribution in [0.3, 0.4) is 0 Å². The van der Waals surface area contributed by atoms with Crippen LogP contribution in [0.2, 0.25) is 5.02 Å². The lowest BCUT2D eigenvalue weighted by Crippen LogP contribution is -2.07. The van der Waals surface area contributed by atoms with Crippen LogP contribution in [0.4, 0.5) is 5.95 Å². The summed E-state index contributed by atoms with van der Waals surface area (Å²) < 4.78 is 2.03. The van der Waals surface area contributed by atoms with E-state index in [1.54, 1.807) is 0 Å². The van der Waals surface area contributed by atoms with E-state index in [9.17, 15) is 0 Å². The van der Waals surface area contributed by atoms with Crippen LogP contribution < -0.4 is 5.32 Å². The minimum absolute atomic E-state index is 0.708. The Kier molecular flexibility index (Phi) is 3.87. The van der Waals surface area contributed by atoms with E-state index in [0.29, 0.717) is 5.02 Å². The fourth-order valence-corrected chi connectivity index (χ4v) is 2.21. The number of anilines is 1. The highest BCUT2D eigenvalue weighted by Gasteiger charge is 2.14. The number of hydrogen-bond acceptors (Lipinski definition) is 3. The highest BCUT2D eigenvalue weighted by molar-refractivity contribution is 6.33. The van der Waals surface area contributed by atoms with Crippen molar-refractivity contribution in [3.8, 4) is 11.4 Å². The van der Waals surface area contributed by atoms with E-state index < -0.39 is 0 Å². The maximum Gasteiger partial charge on any atom is 0.224 e. The van der Waals surface area contributed by atoms with Crippen molar-refractivity contribution < 1.29 is 0 Å². The number of benzene rings is 1. The zero-order chi connectivity index (χ0) is 13.1. The van der Waals surface area contributed by atoms with Gasteiger partial charge in [0.2, 0.25) is 5.95 Å². The molecule has 0 aliphatic heterocycles. The van der Waals surface area contributed by atoms with Gasteiger partial charge in [-0.05, 0) is 38.5 Å². The van der Waals surface area contributed by atoms with Crippen LogP contribution in [0.5, 0.6) is 0 Å². The third-order valence-electron chi connectivity index (χ3n) is 2.77. The lowest BCUT2D eigenvalue weighted by molar-refractivity contribution is 0.770. The Balaban J connectivity index is 2.50. The highest BCUT2D eigenvalue weighted by atomic mass is 35.5. The second-order valence-electron chi connectivity index (χ2n) is 4.11. The molecule has 0 bridgehead atoms. The van der Waals surface area contributed by atoms with E-state index in [1.807, 2.05) is 36.6 Å². The Morgan fingerprint density at radius 3 is 2.67 bits per heavy atom. The molecule has 0 aliphatic carbocycles. The van der Waals surface area contributed by atoms with Crippen molar-refractivity contribution in [2.45, 2.75) is 27.3 Å². The van der Waals surface area contributed by atoms with E-state index in [1.165, 1.54) is 0 Å². The average molecular weight is 265 g/mol. The lowest BCUT2D eigenvalue weighted by atomic mass is 10.1. The van der Waals surface area contributed by atoms with Gasteiger partial charge in [0, 0.05) is 18.7 Å². The van der Waals surface area contributed by atoms with Gasteiger partial charge < -0.3 is 5.32 Å². The molecule has 0 atom stereocenters. The van der Waals surface area contributed by atoms with Crippen molar-refractivity contribution in [1.82, 2.24) is 14.8 Å². The van der Waals surface area contributed by atoms with Crippen molar-refractivity contribution in [3.63, 3.8) is 0 Å². The Morgan fingerprint density at radius 2 is 2.06 bits per heavy atom. The van der Waals surface area contributed by atoms with Gasteiger partial charge in [0.05, 0.1) is 5.02 Å². The molecule has 5 heteroatoms. The third-order valence-corrected chi connectivity index (χ3v) is 3.08. The first-order valence-corrected chi connectivity index (χ1v) is 6.48. The molecule has 0 amide bonds. The first-order valence-electron chi connectivity index (χ1n) is 6.11. The van der Waals surface area contributed by atoms with Crippen molar-refractivity contribution in [3.05, 3.63) is 28.8 Å². The molecule has 0 spiro atoms. The summed E-state index contributed by atoms with van der Waals surface area (Å²) in [6, 6.07) is 5.96. The van der Waals surface area contributed by atoms with E-state index >= 15 is 0 Å². The fraction of sp³-hybridized carbons (Fsp3) is 0.385. The number of aromatic nitrogens is 3. The summed E-state index contributed by atoms with van der Waals surface area (Å²) in [5.41, 5.74) is 2.05. The molecular formula is C13H17ClN4. The Labute approximate surface area is 112 Å². The van der Waals surface area contributed by atoms with Gasteiger partial charge in [0.15, 0.2) is 5.82 Å². The molecule has 0 radical (unpaired) electrons. The van der Waals surface area contributed by atoms with Gasteiger partial charge in [-0.2, -0.15) is 0 Å². The van der Waals surface area contributed by atoms with Gasteiger partial charge in [-0.25, -0.2) is 0 Å². The maximum atomic E-state index is 6.28. The molecule has 1 heterocycles. The molecule has 0 saturated carbocycles. The van der Waals surface area contributed by atoms with E-state index in [-0.39, 0.29) is 0 Å². The summed E-state index contributed by atoms with van der Waals surface area (Å²) in [5.74, 6) is 1.59. The van der Waals surface area contributed by atoms with E-state index in [0.717, 1.165) is 36.0 Å². The smallest absolute Gasteiger partial charge is 0.224 e. The Hall–Kier alpha value is -1.55. The molecule has 2 aromatic rings. The number of hydrogen-bond donors (Lipinski definition) is 1. The van der Waals surface area contributed by atoms with Crippen molar-refractivity contribution in [2.75, 3.05) is 11.9 Å². The minimum Gasteiger partial charge on any atom is -0.355 e. The number of aryl methyl sites for hydroxylation is 1. The molecule has 1 N–H and O–H groups in total. The number of nitrogens with one attached hydrogen (secondary N) is 1. The fourth-order valence-electron chi connectivity index (χ4n) is 1.89. The lowest BCUT2D eigenvalue weighted by Gasteiger charge is -2.09. The monoisotopic (exact) mass is 264 g/mol. The van der Waals surface area contributed by atoms with Crippen LogP contribution in [-0.4, -0.2) is 21.3 Å². The van der Waals surface area contributed by atoms with Gasteiger partial charge in [0.25, 0.3) is 0 Å². The van der Waals surface area contributed by atoms with Crippen LogP contribution in [0.25, 0.3) is 11.4 Å². The van der Waals surface area contributed by atoms with Crippen LogP contribution in [0.1, 0.15) is 19.4 Å². The van der Waals surface area contributed by atoms with Crippen LogP contribution in [-0.2, 0) is 6.54 Å². The normalized spacial score (nSPS) is 10.7. The van der Waals surface area contributed by atoms with Gasteiger partial charge in [-0.1, -0.05) is 17.7 Å². The van der Waals surface area contributed by atoms with Crippen LogP contribution >= 0.6 is 11.6 Å². The second kappa shape index (κ2) is 5.40. The number of halogens is 1. The molecule has 0 saturated heterocycles. The molecule has 2 rings (SSSR count). The van der Waals surface area contributed by atoms with Gasteiger partial charge >= 0.3 is 0 Å². The predicted octanol–water partition coefficient (Wildman–Crippen LogP) is 3.36. The molecule has 96 valence electrons. The number of rotatable bonds is 4. The molecule has 0 fully saturated rings. The molecule has 1 aromatic carbocycles. The minimum atomic E-state index is 0.708. The summed E-state index contributed by atoms with van der Waals surface area (Å²) in [7, 11) is 0. The van der Waals surface area contributed by atoms with Crippen molar-refractivity contribution >= 4 is 17.5 Å². The quantitative estimate of drug-likeness (QED) is 0.921. The van der Waals surface area contributed by atoms with Gasteiger partial charge in [-0.15, -0.1) is 10.2 Å². The summed E-state index contributed by atoms with van der Waals surface area (Å²) >= 11 is 6.28. The van der Waals surface area contributed by atoms with Crippen LogP contribution in [0, 0.1) is 6.92 Å². The SMILES string of the molecule is CCNc1nnc(-c2ccc(C)cc2Cl)n1CC. The standard InChI is InChI=1S/C13H17ClN4/c1-4-15-13-17-16-12(18(13)5-2)10-7-6-9(3)8-11(10)14/h6-8H,4-5H2,1-3H3,(H,15,17). The van der Waals surface area contributed by atoms with Crippen molar-refractivity contribution in [2.24, 2.45) is 0 Å². The molecule has 4 nitrogen and oxygen atoms in total. The molecule has 1 aromatic heterocycles. The first kappa shape index (κ1) is 12.9. The Bertz CT molecular complexity index is 548. The first-order chi connectivity index (χ1) is 8.67. The zero-order valence-electron chi connectivity index (χ0n) is 10.9. The highest BCUT2D eigenvalue weighted by Crippen LogP contribution is 2.28. The van der Waals surface area contributed by atoms with Gasteiger partial charge in [-0.3, -0.25) is 4.57 Å². The molecular weight excluding hydrogens is 248 g/mol. The maximum absolute atomic E-state index is 6.28. The average Bonchev–Trinajstić information content (AvgIpc) is 2.72. The molecule has 0 unspecified atom stereocenters. The summed E-state index contributed by atoms with van der Waals surface area (Å²) in [4.78, 5) is 0. The second-order valence-corrected chi connectivity index (χ2v) is 4.51. The summed E-state index contributed by atoms with van der Waals surface area (Å²) in [6.45, 7) is 7.74. The van der Waals surface area contributed by atoms with E-state index in [4.69, 9.17) is 11.6 Å². The molecule has 0 aliphatic rings. The van der Waals surface area contributed by atoms with Gasteiger partial charge in [0.1, 0.15) is 0 Å². The zero-order valence-corrected chi connectivity index (χ0v) is 11.6. The number of nitrogens with zero attached hydrogens (tertiary/aromatic N) is 3. The van der Waals surface area contributed by atoms with E-state index in [2.05, 4.69) is 22.4 Å². The predicted molar refractivity (Wildman–Crippen MR) is 75.0 cm³/mol. The topological polar surface area (TPSA) is 42.7 Å².